The highest BCUT2D eigenvalue weighted by atomic mass is 16.4. The third-order valence-electron chi connectivity index (χ3n) is 1.15. The van der Waals surface area contributed by atoms with Gasteiger partial charge in [0.05, 0.1) is 0 Å². The van der Waals surface area contributed by atoms with Gasteiger partial charge in [-0.1, -0.05) is 5.16 Å². The number of aliphatic hydroxyl groups is 1. The summed E-state index contributed by atoms with van der Waals surface area (Å²) in [6.07, 6.45) is 0.618. The molecule has 0 amide bonds. The highest BCUT2D eigenvalue weighted by Gasteiger charge is 1.99. The molecule has 10 heavy (non-hydrogen) atoms. The van der Waals surface area contributed by atoms with Crippen molar-refractivity contribution in [2.75, 3.05) is 20.2 Å². The lowest BCUT2D eigenvalue weighted by Gasteiger charge is -2.14. The normalized spacial score (nSPS) is 11.6. The minimum Gasteiger partial charge on any atom is -0.408 e. The Balaban J connectivity index is 3.51. The summed E-state index contributed by atoms with van der Waals surface area (Å²) in [5, 5.41) is 19.3. The van der Waals surface area contributed by atoms with Crippen LogP contribution in [0.5, 0.6) is 0 Å². The molecule has 0 aliphatic rings. The van der Waals surface area contributed by atoms with Crippen molar-refractivity contribution in [3.8, 4) is 0 Å². The molecule has 0 fully saturated rings. The Morgan fingerprint density at radius 1 is 1.70 bits per heavy atom. The molecule has 4 N–H and O–H groups in total. The van der Waals surface area contributed by atoms with Gasteiger partial charge in [-0.25, -0.2) is 0 Å². The quantitative estimate of drug-likeness (QED) is 0.207. The average Bonchev–Trinajstić information content (AvgIpc) is 1.98. The number of nitrogens with zero attached hydrogens (tertiary/aromatic N) is 2. The van der Waals surface area contributed by atoms with Gasteiger partial charge in [-0.2, -0.15) is 0 Å². The first-order chi connectivity index (χ1) is 4.72. The van der Waals surface area contributed by atoms with E-state index in [1.165, 1.54) is 0 Å². The van der Waals surface area contributed by atoms with Crippen molar-refractivity contribution in [1.29, 1.82) is 0 Å². The number of aliphatic hydroxyl groups excluding tert-OH is 1. The summed E-state index contributed by atoms with van der Waals surface area (Å²) in [5.41, 5.74) is 5.20. The van der Waals surface area contributed by atoms with Crippen LogP contribution < -0.4 is 5.73 Å². The van der Waals surface area contributed by atoms with Crippen LogP contribution in [0.2, 0.25) is 0 Å². The SMILES string of the molecule is CN(CCCO)/C(N)=N/O. The molecule has 0 bridgehead atoms. The van der Waals surface area contributed by atoms with Gasteiger partial charge in [-0.15, -0.1) is 0 Å². The van der Waals surface area contributed by atoms with Gasteiger partial charge >= 0.3 is 0 Å². The van der Waals surface area contributed by atoms with Crippen LogP contribution in [0.4, 0.5) is 0 Å². The number of nitrogens with two attached hydrogens (primary N) is 1. The molecule has 0 aliphatic carbocycles. The molecule has 5 nitrogen and oxygen atoms in total. The molecule has 0 unspecified atom stereocenters. The molecule has 0 atom stereocenters. The second-order valence-electron chi connectivity index (χ2n) is 1.96. The fourth-order valence-electron chi connectivity index (χ4n) is 0.499. The maximum absolute atomic E-state index is 8.40. The van der Waals surface area contributed by atoms with E-state index >= 15 is 0 Å². The van der Waals surface area contributed by atoms with Crippen molar-refractivity contribution < 1.29 is 10.3 Å². The standard InChI is InChI=1S/C5H13N3O2/c1-8(3-2-4-9)5(6)7-10/h9-10H,2-4H2,1H3,(H2,6,7). The molecule has 0 saturated heterocycles. The summed E-state index contributed by atoms with van der Waals surface area (Å²) in [5.74, 6) is 0.0634. The first-order valence-corrected chi connectivity index (χ1v) is 3.02. The number of oxime groups is 1. The van der Waals surface area contributed by atoms with Crippen molar-refractivity contribution in [2.45, 2.75) is 6.42 Å². The van der Waals surface area contributed by atoms with Gasteiger partial charge in [0, 0.05) is 20.2 Å². The van der Waals surface area contributed by atoms with E-state index in [1.54, 1.807) is 11.9 Å². The lowest BCUT2D eigenvalue weighted by Crippen LogP contribution is -2.34. The summed E-state index contributed by atoms with van der Waals surface area (Å²) in [6, 6.07) is 0. The Bertz CT molecular complexity index is 115. The van der Waals surface area contributed by atoms with E-state index < -0.39 is 0 Å². The zero-order chi connectivity index (χ0) is 7.98. The Morgan fingerprint density at radius 3 is 2.70 bits per heavy atom. The Kier molecular flexibility index (Phi) is 4.39. The molecule has 0 saturated carbocycles. The van der Waals surface area contributed by atoms with E-state index in [4.69, 9.17) is 16.0 Å². The van der Waals surface area contributed by atoms with Gasteiger partial charge in [0.1, 0.15) is 0 Å². The smallest absolute Gasteiger partial charge is 0.233 e. The summed E-state index contributed by atoms with van der Waals surface area (Å²) >= 11 is 0. The first-order valence-electron chi connectivity index (χ1n) is 3.02. The van der Waals surface area contributed by atoms with E-state index in [9.17, 15) is 0 Å². The van der Waals surface area contributed by atoms with Crippen LogP contribution in [-0.4, -0.2) is 41.4 Å². The minimum atomic E-state index is 0.0634. The molecule has 5 heteroatoms. The number of hydrogen-bond donors (Lipinski definition) is 3. The maximum Gasteiger partial charge on any atom is 0.233 e. The lowest BCUT2D eigenvalue weighted by atomic mass is 10.4. The predicted octanol–water partition coefficient (Wildman–Crippen LogP) is -0.995. The van der Waals surface area contributed by atoms with Crippen molar-refractivity contribution in [2.24, 2.45) is 10.9 Å². The molecule has 0 aromatic rings. The van der Waals surface area contributed by atoms with E-state index in [1.807, 2.05) is 0 Å². The van der Waals surface area contributed by atoms with E-state index in [0.29, 0.717) is 13.0 Å². The van der Waals surface area contributed by atoms with Gasteiger partial charge in [-0.3, -0.25) is 0 Å². The van der Waals surface area contributed by atoms with Crippen molar-refractivity contribution >= 4 is 5.96 Å². The molecular formula is C5H13N3O2. The number of guanidine groups is 1. The largest absolute Gasteiger partial charge is 0.408 e. The molecular weight excluding hydrogens is 134 g/mol. The van der Waals surface area contributed by atoms with E-state index in [2.05, 4.69) is 5.16 Å². The molecule has 0 spiro atoms. The van der Waals surface area contributed by atoms with Crippen LogP contribution in [0.15, 0.2) is 5.16 Å². The van der Waals surface area contributed by atoms with Crippen LogP contribution in [0, 0.1) is 0 Å². The van der Waals surface area contributed by atoms with E-state index in [0.717, 1.165) is 0 Å². The predicted molar refractivity (Wildman–Crippen MR) is 37.7 cm³/mol. The fourth-order valence-corrected chi connectivity index (χ4v) is 0.499. The monoisotopic (exact) mass is 147 g/mol. The molecule has 0 aliphatic heterocycles. The van der Waals surface area contributed by atoms with Gasteiger partial charge in [0.25, 0.3) is 0 Å². The van der Waals surface area contributed by atoms with Gasteiger partial charge < -0.3 is 20.9 Å². The van der Waals surface area contributed by atoms with Crippen LogP contribution in [0.3, 0.4) is 0 Å². The zero-order valence-electron chi connectivity index (χ0n) is 5.99. The van der Waals surface area contributed by atoms with E-state index in [-0.39, 0.29) is 12.6 Å². The van der Waals surface area contributed by atoms with Gasteiger partial charge in [0.2, 0.25) is 5.96 Å². The van der Waals surface area contributed by atoms with Crippen LogP contribution >= 0.6 is 0 Å². The summed E-state index contributed by atoms with van der Waals surface area (Å²) in [7, 11) is 1.69. The summed E-state index contributed by atoms with van der Waals surface area (Å²) in [6.45, 7) is 0.704. The number of rotatable bonds is 3. The summed E-state index contributed by atoms with van der Waals surface area (Å²) in [4.78, 5) is 1.55. The Hall–Kier alpha value is -0.970. The summed E-state index contributed by atoms with van der Waals surface area (Å²) < 4.78 is 0. The molecule has 60 valence electrons. The highest BCUT2D eigenvalue weighted by molar-refractivity contribution is 5.76. The lowest BCUT2D eigenvalue weighted by molar-refractivity contribution is 0.267. The molecule has 0 aromatic carbocycles. The average molecular weight is 147 g/mol. The number of hydrogen-bond acceptors (Lipinski definition) is 3. The van der Waals surface area contributed by atoms with Crippen molar-refractivity contribution in [3.05, 3.63) is 0 Å². The fraction of sp³-hybridized carbons (Fsp3) is 0.800. The van der Waals surface area contributed by atoms with Gasteiger partial charge in [0.15, 0.2) is 0 Å². The Morgan fingerprint density at radius 2 is 2.30 bits per heavy atom. The first kappa shape index (κ1) is 9.03. The Labute approximate surface area is 59.7 Å². The molecule has 0 rings (SSSR count). The van der Waals surface area contributed by atoms with Gasteiger partial charge in [-0.05, 0) is 6.42 Å². The van der Waals surface area contributed by atoms with Crippen LogP contribution in [0.1, 0.15) is 6.42 Å². The molecule has 0 radical (unpaired) electrons. The third kappa shape index (κ3) is 3.13. The van der Waals surface area contributed by atoms with Crippen LogP contribution in [-0.2, 0) is 0 Å². The molecule has 0 aromatic heterocycles. The zero-order valence-corrected chi connectivity index (χ0v) is 5.99. The minimum absolute atomic E-state index is 0.0634. The maximum atomic E-state index is 8.40. The highest BCUT2D eigenvalue weighted by Crippen LogP contribution is 1.84. The van der Waals surface area contributed by atoms with Crippen LogP contribution in [0.25, 0.3) is 0 Å². The topological polar surface area (TPSA) is 82.1 Å². The second kappa shape index (κ2) is 4.87. The third-order valence-corrected chi connectivity index (χ3v) is 1.15. The molecule has 0 heterocycles. The second-order valence-corrected chi connectivity index (χ2v) is 1.96. The van der Waals surface area contributed by atoms with Crippen molar-refractivity contribution in [3.63, 3.8) is 0 Å². The van der Waals surface area contributed by atoms with Crippen molar-refractivity contribution in [1.82, 2.24) is 4.90 Å².